The maximum atomic E-state index is 12.3. The first kappa shape index (κ1) is 17.5. The van der Waals surface area contributed by atoms with Gasteiger partial charge in [0.1, 0.15) is 0 Å². The minimum absolute atomic E-state index is 0.00734. The zero-order valence-electron chi connectivity index (χ0n) is 13.4. The third-order valence-electron chi connectivity index (χ3n) is 3.52. The second kappa shape index (κ2) is 7.68. The number of nitro groups is 1. The van der Waals surface area contributed by atoms with Crippen molar-refractivity contribution in [2.45, 2.75) is 13.0 Å². The summed E-state index contributed by atoms with van der Waals surface area (Å²) in [6, 6.07) is 8.43. The summed E-state index contributed by atoms with van der Waals surface area (Å²) in [7, 11) is 1.58. The van der Waals surface area contributed by atoms with Gasteiger partial charge in [-0.1, -0.05) is 17.4 Å². The third kappa shape index (κ3) is 4.01. The lowest BCUT2D eigenvalue weighted by molar-refractivity contribution is -0.384. The van der Waals surface area contributed by atoms with Gasteiger partial charge in [-0.2, -0.15) is 4.99 Å². The minimum Gasteiger partial charge on any atom is -0.383 e. The molecule has 0 saturated heterocycles. The third-order valence-corrected chi connectivity index (χ3v) is 5.46. The van der Waals surface area contributed by atoms with Gasteiger partial charge in [-0.3, -0.25) is 14.9 Å². The Hall–Kier alpha value is -2.36. The molecule has 1 aromatic carbocycles. The summed E-state index contributed by atoms with van der Waals surface area (Å²) in [5, 5.41) is 12.9. The molecule has 130 valence electrons. The molecule has 7 nitrogen and oxygen atoms in total. The van der Waals surface area contributed by atoms with E-state index in [1.165, 1.54) is 34.8 Å². The van der Waals surface area contributed by atoms with Gasteiger partial charge in [0.15, 0.2) is 4.80 Å². The number of carbonyl (C=O) groups is 1. The summed E-state index contributed by atoms with van der Waals surface area (Å²) in [6.45, 7) is 0.879. The molecule has 9 heteroatoms. The quantitative estimate of drug-likeness (QED) is 0.488. The molecule has 25 heavy (non-hydrogen) atoms. The van der Waals surface area contributed by atoms with E-state index in [1.54, 1.807) is 17.7 Å². The van der Waals surface area contributed by atoms with Gasteiger partial charge in [-0.15, -0.1) is 11.3 Å². The SMILES string of the molecule is COCCn1c(=NC(=O)Cc2cccs2)sc2ccc([N+](=O)[O-])cc21. The monoisotopic (exact) mass is 377 g/mol. The first-order valence-corrected chi connectivity index (χ1v) is 9.15. The van der Waals surface area contributed by atoms with E-state index in [0.29, 0.717) is 23.5 Å². The van der Waals surface area contributed by atoms with Gasteiger partial charge in [0, 0.05) is 30.7 Å². The Kier molecular flexibility index (Phi) is 5.37. The fourth-order valence-electron chi connectivity index (χ4n) is 2.36. The lowest BCUT2D eigenvalue weighted by atomic mass is 10.3. The lowest BCUT2D eigenvalue weighted by Gasteiger charge is -2.04. The van der Waals surface area contributed by atoms with Crippen LogP contribution in [0.15, 0.2) is 40.7 Å². The van der Waals surface area contributed by atoms with E-state index in [0.717, 1.165) is 9.58 Å². The number of thiophene rings is 1. The van der Waals surface area contributed by atoms with Crippen molar-refractivity contribution in [2.75, 3.05) is 13.7 Å². The molecule has 2 aromatic heterocycles. The van der Waals surface area contributed by atoms with Gasteiger partial charge in [0.05, 0.1) is 28.2 Å². The molecule has 0 saturated carbocycles. The van der Waals surface area contributed by atoms with E-state index < -0.39 is 4.92 Å². The van der Waals surface area contributed by atoms with Crippen LogP contribution >= 0.6 is 22.7 Å². The molecular weight excluding hydrogens is 362 g/mol. The molecule has 0 spiro atoms. The van der Waals surface area contributed by atoms with Crippen LogP contribution in [0.2, 0.25) is 0 Å². The number of nitrogens with zero attached hydrogens (tertiary/aromatic N) is 3. The molecule has 0 N–H and O–H groups in total. The maximum Gasteiger partial charge on any atom is 0.271 e. The van der Waals surface area contributed by atoms with Crippen LogP contribution in [0, 0.1) is 10.1 Å². The van der Waals surface area contributed by atoms with Gasteiger partial charge in [0.2, 0.25) is 0 Å². The molecule has 2 heterocycles. The van der Waals surface area contributed by atoms with Crippen LogP contribution < -0.4 is 4.80 Å². The van der Waals surface area contributed by atoms with Crippen molar-refractivity contribution in [1.82, 2.24) is 4.57 Å². The average molecular weight is 377 g/mol. The minimum atomic E-state index is -0.434. The molecule has 0 aliphatic carbocycles. The molecule has 0 fully saturated rings. The fraction of sp³-hybridized carbons (Fsp3) is 0.250. The summed E-state index contributed by atoms with van der Waals surface area (Å²) in [5.74, 6) is -0.241. The van der Waals surface area contributed by atoms with Crippen molar-refractivity contribution >= 4 is 44.5 Å². The van der Waals surface area contributed by atoms with Crippen molar-refractivity contribution in [2.24, 2.45) is 4.99 Å². The first-order valence-electron chi connectivity index (χ1n) is 7.45. The number of ether oxygens (including phenoxy) is 1. The van der Waals surface area contributed by atoms with Gasteiger partial charge in [-0.05, 0) is 17.5 Å². The van der Waals surface area contributed by atoms with Gasteiger partial charge >= 0.3 is 0 Å². The Labute approximate surface area is 151 Å². The number of methoxy groups -OCH3 is 1. The Morgan fingerprint density at radius 2 is 2.24 bits per heavy atom. The zero-order valence-corrected chi connectivity index (χ0v) is 15.0. The molecular formula is C16H15N3O4S2. The van der Waals surface area contributed by atoms with Gasteiger partial charge in [0.25, 0.3) is 11.6 Å². The lowest BCUT2D eigenvalue weighted by Crippen LogP contribution is -2.19. The first-order chi connectivity index (χ1) is 12.1. The molecule has 0 atom stereocenters. The zero-order chi connectivity index (χ0) is 17.8. The van der Waals surface area contributed by atoms with E-state index in [9.17, 15) is 14.9 Å². The molecule has 0 aliphatic rings. The summed E-state index contributed by atoms with van der Waals surface area (Å²) in [6.07, 6.45) is 0.246. The number of thiazole rings is 1. The number of rotatable bonds is 6. The van der Waals surface area contributed by atoms with Crippen LogP contribution in [0.25, 0.3) is 10.2 Å². The van der Waals surface area contributed by atoms with Crippen LogP contribution in [-0.4, -0.2) is 29.1 Å². The van der Waals surface area contributed by atoms with Crippen molar-refractivity contribution in [3.05, 3.63) is 55.5 Å². The molecule has 3 aromatic rings. The number of fused-ring (bicyclic) bond motifs is 1. The summed E-state index contributed by atoms with van der Waals surface area (Å²) >= 11 is 2.85. The second-order valence-corrected chi connectivity index (χ2v) is 7.24. The smallest absolute Gasteiger partial charge is 0.271 e. The molecule has 0 bridgehead atoms. The van der Waals surface area contributed by atoms with Gasteiger partial charge < -0.3 is 9.30 Å². The molecule has 3 rings (SSSR count). The number of hydrogen-bond donors (Lipinski definition) is 0. The highest BCUT2D eigenvalue weighted by molar-refractivity contribution is 7.16. The molecule has 0 unspecified atom stereocenters. The number of amides is 1. The van der Waals surface area contributed by atoms with Gasteiger partial charge in [-0.25, -0.2) is 0 Å². The van der Waals surface area contributed by atoms with E-state index in [4.69, 9.17) is 4.74 Å². The highest BCUT2D eigenvalue weighted by atomic mass is 32.1. The number of benzene rings is 1. The molecule has 0 aliphatic heterocycles. The number of carbonyl (C=O) groups excluding carboxylic acids is 1. The summed E-state index contributed by atoms with van der Waals surface area (Å²) in [4.78, 5) is 28.5. The van der Waals surface area contributed by atoms with Crippen LogP contribution in [0.5, 0.6) is 0 Å². The largest absolute Gasteiger partial charge is 0.383 e. The van der Waals surface area contributed by atoms with Crippen molar-refractivity contribution in [3.8, 4) is 0 Å². The number of nitro benzene ring substituents is 1. The highest BCUT2D eigenvalue weighted by Gasteiger charge is 2.13. The van der Waals surface area contributed by atoms with Crippen LogP contribution in [-0.2, 0) is 22.5 Å². The second-order valence-electron chi connectivity index (χ2n) is 5.20. The normalized spacial score (nSPS) is 12.0. The fourth-order valence-corrected chi connectivity index (χ4v) is 4.11. The Morgan fingerprint density at radius 1 is 1.40 bits per heavy atom. The van der Waals surface area contributed by atoms with Crippen molar-refractivity contribution in [1.29, 1.82) is 0 Å². The standard InChI is InChI=1S/C16H15N3O4S2/c1-23-7-6-18-13-9-11(19(21)22)4-5-14(13)25-16(18)17-15(20)10-12-3-2-8-24-12/h2-5,8-9H,6-7,10H2,1H3. The molecule has 0 radical (unpaired) electrons. The van der Waals surface area contributed by atoms with Crippen LogP contribution in [0.1, 0.15) is 4.88 Å². The van der Waals surface area contributed by atoms with Crippen LogP contribution in [0.3, 0.4) is 0 Å². The number of hydrogen-bond acceptors (Lipinski definition) is 6. The maximum absolute atomic E-state index is 12.3. The average Bonchev–Trinajstić information content (AvgIpc) is 3.19. The van der Waals surface area contributed by atoms with Crippen LogP contribution in [0.4, 0.5) is 5.69 Å². The number of aromatic nitrogens is 1. The van der Waals surface area contributed by atoms with E-state index in [2.05, 4.69) is 4.99 Å². The predicted octanol–water partition coefficient (Wildman–Crippen LogP) is 2.99. The number of non-ortho nitro benzene ring substituents is 1. The molecule has 1 amide bonds. The highest BCUT2D eigenvalue weighted by Crippen LogP contribution is 2.23. The van der Waals surface area contributed by atoms with E-state index in [-0.39, 0.29) is 18.0 Å². The Bertz CT molecular complexity index is 973. The predicted molar refractivity (Wildman–Crippen MR) is 96.9 cm³/mol. The summed E-state index contributed by atoms with van der Waals surface area (Å²) in [5.41, 5.74) is 0.687. The summed E-state index contributed by atoms with van der Waals surface area (Å²) < 4.78 is 7.74. The topological polar surface area (TPSA) is 86.7 Å². The van der Waals surface area contributed by atoms with E-state index >= 15 is 0 Å². The Morgan fingerprint density at radius 3 is 2.92 bits per heavy atom. The Balaban J connectivity index is 2.04. The van der Waals surface area contributed by atoms with E-state index in [1.807, 2.05) is 17.5 Å². The van der Waals surface area contributed by atoms with Crippen molar-refractivity contribution < 1.29 is 14.5 Å². The van der Waals surface area contributed by atoms with Crippen molar-refractivity contribution in [3.63, 3.8) is 0 Å².